The summed E-state index contributed by atoms with van der Waals surface area (Å²) in [6, 6.07) is 10.9. The first-order valence-corrected chi connectivity index (χ1v) is 9.03. The van der Waals surface area contributed by atoms with Crippen molar-refractivity contribution in [2.75, 3.05) is 5.32 Å². The molecule has 0 aliphatic rings. The van der Waals surface area contributed by atoms with E-state index in [9.17, 15) is 14.4 Å². The molecule has 140 valence electrons. The quantitative estimate of drug-likeness (QED) is 0.722. The van der Waals surface area contributed by atoms with Crippen molar-refractivity contribution in [1.82, 2.24) is 9.13 Å². The molecule has 6 nitrogen and oxygen atoms in total. The number of amides is 1. The minimum Gasteiger partial charge on any atom is -0.322 e. The van der Waals surface area contributed by atoms with Crippen LogP contribution in [0.4, 0.5) is 5.69 Å². The predicted octanol–water partition coefficient (Wildman–Crippen LogP) is 3.07. The van der Waals surface area contributed by atoms with Crippen molar-refractivity contribution in [2.45, 2.75) is 40.8 Å². The topological polar surface area (TPSA) is 73.1 Å². The zero-order chi connectivity index (χ0) is 19.7. The molecule has 1 amide bonds. The highest BCUT2D eigenvalue weighted by molar-refractivity contribution is 6.05. The van der Waals surface area contributed by atoms with E-state index in [1.54, 1.807) is 18.2 Å². The first-order chi connectivity index (χ1) is 12.9. The number of carbonyl (C=O) groups excluding carboxylic acids is 1. The molecule has 2 aromatic carbocycles. The average Bonchev–Trinajstić information content (AvgIpc) is 2.65. The zero-order valence-electron chi connectivity index (χ0n) is 16.0. The van der Waals surface area contributed by atoms with Gasteiger partial charge in [0.15, 0.2) is 0 Å². The van der Waals surface area contributed by atoms with E-state index in [4.69, 9.17) is 0 Å². The largest absolute Gasteiger partial charge is 0.322 e. The number of aryl methyl sites for hydroxylation is 4. The van der Waals surface area contributed by atoms with Crippen LogP contribution in [0.15, 0.2) is 46.0 Å². The van der Waals surface area contributed by atoms with Gasteiger partial charge in [0.05, 0.1) is 11.0 Å². The molecule has 1 heterocycles. The molecule has 0 bridgehead atoms. The number of benzene rings is 2. The smallest absolute Gasteiger partial charge is 0.316 e. The number of hydrogen-bond donors (Lipinski definition) is 1. The van der Waals surface area contributed by atoms with Gasteiger partial charge in [0, 0.05) is 24.3 Å². The van der Waals surface area contributed by atoms with Crippen LogP contribution in [0.1, 0.15) is 35.3 Å². The van der Waals surface area contributed by atoms with Gasteiger partial charge in [0.25, 0.3) is 5.91 Å². The molecule has 27 heavy (non-hydrogen) atoms. The van der Waals surface area contributed by atoms with Crippen molar-refractivity contribution in [2.24, 2.45) is 0 Å². The van der Waals surface area contributed by atoms with Crippen LogP contribution in [-0.4, -0.2) is 15.0 Å². The summed E-state index contributed by atoms with van der Waals surface area (Å²) in [5.74, 6) is -0.216. The van der Waals surface area contributed by atoms with Crippen LogP contribution in [-0.2, 0) is 13.1 Å². The van der Waals surface area contributed by atoms with Gasteiger partial charge in [-0.05, 0) is 57.5 Å². The van der Waals surface area contributed by atoms with Crippen LogP contribution in [0.25, 0.3) is 11.0 Å². The Bertz CT molecular complexity index is 1140. The fourth-order valence-corrected chi connectivity index (χ4v) is 3.23. The molecule has 3 rings (SSSR count). The first-order valence-electron chi connectivity index (χ1n) is 9.03. The Labute approximate surface area is 157 Å². The summed E-state index contributed by atoms with van der Waals surface area (Å²) in [6.45, 7) is 8.27. The van der Waals surface area contributed by atoms with Crippen LogP contribution in [0.3, 0.4) is 0 Å². The fraction of sp³-hybridized carbons (Fsp3) is 0.286. The Kier molecular flexibility index (Phi) is 4.99. The van der Waals surface area contributed by atoms with Crippen molar-refractivity contribution in [3.63, 3.8) is 0 Å². The molecule has 1 N–H and O–H groups in total. The standard InChI is InChI=1S/C21H23N3O3/c1-5-23-17-11-14(4)16(12-18(17)24(6-2)21(27)20(23)26)22-19(25)15-9-7-13(3)8-10-15/h7-12H,5-6H2,1-4H3,(H,22,25). The lowest BCUT2D eigenvalue weighted by atomic mass is 10.1. The third-order valence-corrected chi connectivity index (χ3v) is 4.77. The van der Waals surface area contributed by atoms with E-state index in [0.29, 0.717) is 35.4 Å². The zero-order valence-corrected chi connectivity index (χ0v) is 16.0. The molecule has 3 aromatic rings. The van der Waals surface area contributed by atoms with Gasteiger partial charge in [-0.1, -0.05) is 17.7 Å². The van der Waals surface area contributed by atoms with Crippen molar-refractivity contribution >= 4 is 22.6 Å². The van der Waals surface area contributed by atoms with Gasteiger partial charge in [-0.3, -0.25) is 14.4 Å². The van der Waals surface area contributed by atoms with Gasteiger partial charge in [-0.25, -0.2) is 0 Å². The van der Waals surface area contributed by atoms with E-state index in [1.165, 1.54) is 9.13 Å². The normalized spacial score (nSPS) is 11.0. The minimum atomic E-state index is -0.550. The molecule has 0 fully saturated rings. The molecular formula is C21H23N3O3. The molecule has 0 saturated heterocycles. The monoisotopic (exact) mass is 365 g/mol. The Morgan fingerprint density at radius 3 is 1.93 bits per heavy atom. The van der Waals surface area contributed by atoms with Gasteiger partial charge in [-0.15, -0.1) is 0 Å². The Balaban J connectivity index is 2.15. The van der Waals surface area contributed by atoms with Gasteiger partial charge in [-0.2, -0.15) is 0 Å². The number of carbonyl (C=O) groups is 1. The van der Waals surface area contributed by atoms with Gasteiger partial charge < -0.3 is 14.5 Å². The average molecular weight is 365 g/mol. The number of fused-ring (bicyclic) bond motifs is 1. The molecular weight excluding hydrogens is 342 g/mol. The van der Waals surface area contributed by atoms with Crippen molar-refractivity contribution in [1.29, 1.82) is 0 Å². The summed E-state index contributed by atoms with van der Waals surface area (Å²) in [5.41, 5.74) is 3.34. The maximum atomic E-state index is 12.6. The molecule has 0 aliphatic carbocycles. The molecule has 1 aromatic heterocycles. The Morgan fingerprint density at radius 1 is 0.889 bits per heavy atom. The lowest BCUT2D eigenvalue weighted by Gasteiger charge is -2.16. The SMILES string of the molecule is CCn1c(=O)c(=O)n(CC)c2cc(NC(=O)c3ccc(C)cc3)c(C)cc21. The van der Waals surface area contributed by atoms with Gasteiger partial charge in [0.1, 0.15) is 0 Å². The highest BCUT2D eigenvalue weighted by atomic mass is 16.2. The van der Waals surface area contributed by atoms with Gasteiger partial charge in [0.2, 0.25) is 0 Å². The number of anilines is 1. The van der Waals surface area contributed by atoms with E-state index in [1.807, 2.05) is 45.9 Å². The van der Waals surface area contributed by atoms with E-state index in [0.717, 1.165) is 11.1 Å². The maximum Gasteiger partial charge on any atom is 0.316 e. The third-order valence-electron chi connectivity index (χ3n) is 4.77. The van der Waals surface area contributed by atoms with Crippen molar-refractivity contribution in [3.05, 3.63) is 73.8 Å². The predicted molar refractivity (Wildman–Crippen MR) is 108 cm³/mol. The summed E-state index contributed by atoms with van der Waals surface area (Å²) >= 11 is 0. The van der Waals surface area contributed by atoms with E-state index in [-0.39, 0.29) is 5.91 Å². The molecule has 0 unspecified atom stereocenters. The van der Waals surface area contributed by atoms with Crippen LogP contribution in [0, 0.1) is 13.8 Å². The second-order valence-electron chi connectivity index (χ2n) is 6.57. The number of hydrogen-bond acceptors (Lipinski definition) is 3. The van der Waals surface area contributed by atoms with E-state index >= 15 is 0 Å². The fourth-order valence-electron chi connectivity index (χ4n) is 3.23. The van der Waals surface area contributed by atoms with Crippen molar-refractivity contribution < 1.29 is 4.79 Å². The summed E-state index contributed by atoms with van der Waals surface area (Å²) in [6.07, 6.45) is 0. The maximum absolute atomic E-state index is 12.6. The molecule has 0 aliphatic heterocycles. The first kappa shape index (κ1) is 18.6. The summed E-state index contributed by atoms with van der Waals surface area (Å²) in [4.78, 5) is 37.3. The van der Waals surface area contributed by atoms with Crippen molar-refractivity contribution in [3.8, 4) is 0 Å². The third kappa shape index (κ3) is 3.30. The van der Waals surface area contributed by atoms with Crippen LogP contribution in [0.5, 0.6) is 0 Å². The second-order valence-corrected chi connectivity index (χ2v) is 6.57. The molecule has 0 radical (unpaired) electrons. The number of rotatable bonds is 4. The summed E-state index contributed by atoms with van der Waals surface area (Å²) in [7, 11) is 0. The number of aromatic nitrogens is 2. The molecule has 6 heteroatoms. The molecule has 0 atom stereocenters. The van der Waals surface area contributed by atoms with E-state index < -0.39 is 11.1 Å². The second kappa shape index (κ2) is 7.23. The Hall–Kier alpha value is -3.15. The Morgan fingerprint density at radius 2 is 1.41 bits per heavy atom. The number of nitrogens with one attached hydrogen (secondary N) is 1. The highest BCUT2D eigenvalue weighted by Crippen LogP contribution is 2.23. The van der Waals surface area contributed by atoms with E-state index in [2.05, 4.69) is 5.32 Å². The summed E-state index contributed by atoms with van der Waals surface area (Å²) in [5, 5.41) is 2.92. The summed E-state index contributed by atoms with van der Waals surface area (Å²) < 4.78 is 2.92. The van der Waals surface area contributed by atoms with Crippen LogP contribution >= 0.6 is 0 Å². The lowest BCUT2D eigenvalue weighted by molar-refractivity contribution is 0.102. The van der Waals surface area contributed by atoms with Crippen LogP contribution in [0.2, 0.25) is 0 Å². The molecule has 0 spiro atoms. The van der Waals surface area contributed by atoms with Gasteiger partial charge >= 0.3 is 11.1 Å². The lowest BCUT2D eigenvalue weighted by Crippen LogP contribution is -2.41. The van der Waals surface area contributed by atoms with Crippen LogP contribution < -0.4 is 16.4 Å². The molecule has 0 saturated carbocycles. The minimum absolute atomic E-state index is 0.216. The highest BCUT2D eigenvalue weighted by Gasteiger charge is 2.15. The number of nitrogens with zero attached hydrogens (tertiary/aromatic N) is 2.